The predicted molar refractivity (Wildman–Crippen MR) is 107 cm³/mol. The topological polar surface area (TPSA) is 129 Å². The number of aromatic nitrogens is 2. The zero-order valence-electron chi connectivity index (χ0n) is 16.3. The number of anilines is 2. The number of pyridine rings is 2. The van der Waals surface area contributed by atoms with E-state index in [2.05, 4.69) is 22.0 Å². The molecule has 0 radical (unpaired) electrons. The number of nitrogen functional groups attached to an aromatic ring is 1. The molecule has 2 rings (SSSR count). The first kappa shape index (κ1) is 20.8. The minimum atomic E-state index is -0.726. The lowest BCUT2D eigenvalue weighted by Crippen LogP contribution is -2.29. The molecular weight excluding hydrogens is 362 g/mol. The summed E-state index contributed by atoms with van der Waals surface area (Å²) in [5.74, 6) is -0.293. The van der Waals surface area contributed by atoms with Crippen molar-refractivity contribution in [2.24, 2.45) is 4.99 Å². The smallest absolute Gasteiger partial charge is 0.412 e. The van der Waals surface area contributed by atoms with Crippen molar-refractivity contribution in [1.82, 2.24) is 9.55 Å². The van der Waals surface area contributed by atoms with Crippen LogP contribution in [0.2, 0.25) is 0 Å². The van der Waals surface area contributed by atoms with Gasteiger partial charge in [0.2, 0.25) is 5.91 Å². The van der Waals surface area contributed by atoms with Gasteiger partial charge in [0.05, 0.1) is 17.8 Å². The van der Waals surface area contributed by atoms with Crippen LogP contribution >= 0.6 is 0 Å². The second-order valence-electron chi connectivity index (χ2n) is 7.14. The normalized spacial score (nSPS) is 11.0. The van der Waals surface area contributed by atoms with E-state index in [1.54, 1.807) is 33.8 Å². The molecule has 0 atom stereocenters. The first-order valence-electron chi connectivity index (χ1n) is 8.49. The van der Waals surface area contributed by atoms with Crippen LogP contribution in [0.15, 0.2) is 34.2 Å². The van der Waals surface area contributed by atoms with Crippen molar-refractivity contribution in [1.29, 1.82) is 0 Å². The van der Waals surface area contributed by atoms with E-state index in [0.717, 1.165) is 0 Å². The van der Waals surface area contributed by atoms with E-state index in [1.807, 2.05) is 0 Å². The van der Waals surface area contributed by atoms with Crippen LogP contribution in [0.4, 0.5) is 16.2 Å². The number of nitrogens with two attached hydrogens (primary N) is 1. The van der Waals surface area contributed by atoms with Crippen LogP contribution in [0.25, 0.3) is 5.82 Å². The third-order valence-electron chi connectivity index (χ3n) is 3.61. The highest BCUT2D eigenvalue weighted by atomic mass is 16.6. The third kappa shape index (κ3) is 5.03. The zero-order valence-corrected chi connectivity index (χ0v) is 16.3. The number of aryl methyl sites for hydroxylation is 1. The Hall–Kier alpha value is -3.49. The van der Waals surface area contributed by atoms with Gasteiger partial charge in [0.25, 0.3) is 5.56 Å². The summed E-state index contributed by atoms with van der Waals surface area (Å²) in [7, 11) is 0. The van der Waals surface area contributed by atoms with E-state index in [-0.39, 0.29) is 23.6 Å². The predicted octanol–water partition coefficient (Wildman–Crippen LogP) is 2.24. The number of hydrogen-bond acceptors (Lipinski definition) is 6. The van der Waals surface area contributed by atoms with Crippen LogP contribution in [0.5, 0.6) is 0 Å². The Morgan fingerprint density at radius 2 is 2.04 bits per heavy atom. The maximum absolute atomic E-state index is 12.5. The van der Waals surface area contributed by atoms with Gasteiger partial charge >= 0.3 is 6.09 Å². The van der Waals surface area contributed by atoms with Gasteiger partial charge < -0.3 is 10.5 Å². The summed E-state index contributed by atoms with van der Waals surface area (Å²) in [5, 5.41) is 2.59. The molecule has 0 unspecified atom stereocenters. The maximum atomic E-state index is 12.5. The Labute approximate surface area is 162 Å². The van der Waals surface area contributed by atoms with E-state index < -0.39 is 23.2 Å². The van der Waals surface area contributed by atoms with E-state index >= 15 is 0 Å². The van der Waals surface area contributed by atoms with Crippen LogP contribution in [0, 0.1) is 6.92 Å². The quantitative estimate of drug-likeness (QED) is 0.777. The van der Waals surface area contributed by atoms with Crippen molar-refractivity contribution in [2.45, 2.75) is 39.7 Å². The molecule has 2 aromatic rings. The molecule has 9 nitrogen and oxygen atoms in total. The lowest BCUT2D eigenvalue weighted by Gasteiger charge is -2.21. The van der Waals surface area contributed by atoms with Gasteiger partial charge in [-0.3, -0.25) is 19.5 Å². The van der Waals surface area contributed by atoms with Gasteiger partial charge in [-0.15, -0.1) is 0 Å². The summed E-state index contributed by atoms with van der Waals surface area (Å²) in [4.78, 5) is 44.0. The molecule has 0 spiro atoms. The standard InChI is InChI=1S/C19H23N5O4/c1-11-6-7-13(20)17(26)24(11)16-14(23-18(27)28-19(2,3)4)8-12(10-22-16)9-15(25)21-5/h6-8,10H,5,9,20H2,1-4H3,(H,23,27). The maximum Gasteiger partial charge on any atom is 0.412 e. The largest absolute Gasteiger partial charge is 0.444 e. The molecule has 2 amide bonds. The Balaban J connectivity index is 2.57. The van der Waals surface area contributed by atoms with Crippen LogP contribution < -0.4 is 16.6 Å². The van der Waals surface area contributed by atoms with E-state index in [1.165, 1.54) is 22.9 Å². The van der Waals surface area contributed by atoms with Gasteiger partial charge in [-0.1, -0.05) is 0 Å². The fourth-order valence-corrected chi connectivity index (χ4v) is 2.42. The number of nitrogens with one attached hydrogen (secondary N) is 1. The van der Waals surface area contributed by atoms with Crippen LogP contribution in [0.3, 0.4) is 0 Å². The molecule has 2 heterocycles. The third-order valence-corrected chi connectivity index (χ3v) is 3.61. The summed E-state index contributed by atoms with van der Waals surface area (Å²) in [6, 6.07) is 4.69. The highest BCUT2D eigenvalue weighted by Crippen LogP contribution is 2.22. The Morgan fingerprint density at radius 1 is 1.36 bits per heavy atom. The highest BCUT2D eigenvalue weighted by molar-refractivity contribution is 5.88. The summed E-state index contributed by atoms with van der Waals surface area (Å²) in [6.45, 7) is 10.1. The number of nitrogens with zero attached hydrogens (tertiary/aromatic N) is 3. The second kappa shape index (κ2) is 8.03. The number of ether oxygens (including phenoxy) is 1. The van der Waals surface area contributed by atoms with Crippen LogP contribution in [-0.4, -0.2) is 33.9 Å². The Morgan fingerprint density at radius 3 is 2.64 bits per heavy atom. The Kier molecular flexibility index (Phi) is 5.97. The molecule has 3 N–H and O–H groups in total. The number of rotatable bonds is 4. The van der Waals surface area contributed by atoms with Crippen LogP contribution in [-0.2, 0) is 16.0 Å². The van der Waals surface area contributed by atoms with E-state index in [0.29, 0.717) is 11.3 Å². The van der Waals surface area contributed by atoms with Crippen molar-refractivity contribution in [3.05, 3.63) is 46.0 Å². The number of hydrogen-bond donors (Lipinski definition) is 2. The molecule has 148 valence electrons. The van der Waals surface area contributed by atoms with Crippen molar-refractivity contribution in [2.75, 3.05) is 11.1 Å². The molecule has 0 fully saturated rings. The summed E-state index contributed by atoms with van der Waals surface area (Å²) < 4.78 is 6.55. The van der Waals surface area contributed by atoms with Crippen molar-refractivity contribution in [3.63, 3.8) is 0 Å². The zero-order chi connectivity index (χ0) is 21.1. The molecular formula is C19H23N5O4. The van der Waals surface area contributed by atoms with Gasteiger partial charge in [-0.05, 0) is 58.2 Å². The number of carbonyl (C=O) groups is 2. The van der Waals surface area contributed by atoms with E-state index in [9.17, 15) is 14.4 Å². The molecule has 0 aliphatic rings. The van der Waals surface area contributed by atoms with Gasteiger partial charge in [-0.25, -0.2) is 14.8 Å². The lowest BCUT2D eigenvalue weighted by atomic mass is 10.2. The number of aliphatic imine (C=N–C) groups is 1. The minimum absolute atomic E-state index is 0.0331. The van der Waals surface area contributed by atoms with Crippen molar-refractivity contribution >= 4 is 30.1 Å². The summed E-state index contributed by atoms with van der Waals surface area (Å²) in [6.07, 6.45) is 0.647. The highest BCUT2D eigenvalue weighted by Gasteiger charge is 2.20. The molecule has 0 bridgehead atoms. The molecule has 28 heavy (non-hydrogen) atoms. The molecule has 0 saturated carbocycles. The van der Waals surface area contributed by atoms with E-state index in [4.69, 9.17) is 10.5 Å². The molecule has 0 aliphatic heterocycles. The SMILES string of the molecule is C=NC(=O)Cc1cnc(-n2c(C)ccc(N)c2=O)c(NC(=O)OC(C)(C)C)c1. The van der Waals surface area contributed by atoms with Gasteiger partial charge in [0, 0.05) is 11.9 Å². The Bertz CT molecular complexity index is 989. The number of amides is 2. The number of carbonyl (C=O) groups excluding carboxylic acids is 2. The van der Waals surface area contributed by atoms with Gasteiger partial charge in [0.15, 0.2) is 5.82 Å². The fourth-order valence-electron chi connectivity index (χ4n) is 2.42. The van der Waals surface area contributed by atoms with Crippen molar-refractivity contribution < 1.29 is 14.3 Å². The average molecular weight is 385 g/mol. The lowest BCUT2D eigenvalue weighted by molar-refractivity contribution is -0.117. The monoisotopic (exact) mass is 385 g/mol. The average Bonchev–Trinajstić information content (AvgIpc) is 2.58. The second-order valence-corrected chi connectivity index (χ2v) is 7.14. The summed E-state index contributed by atoms with van der Waals surface area (Å²) in [5.41, 5.74) is 5.82. The first-order chi connectivity index (χ1) is 13.0. The fraction of sp³-hybridized carbons (Fsp3) is 0.316. The van der Waals surface area contributed by atoms with Gasteiger partial charge in [0.1, 0.15) is 5.60 Å². The molecule has 0 aliphatic carbocycles. The molecule has 9 heteroatoms. The molecule has 2 aromatic heterocycles. The molecule has 0 aromatic carbocycles. The molecule has 0 saturated heterocycles. The minimum Gasteiger partial charge on any atom is -0.444 e. The first-order valence-corrected chi connectivity index (χ1v) is 8.49. The van der Waals surface area contributed by atoms with Crippen LogP contribution in [0.1, 0.15) is 32.0 Å². The van der Waals surface area contributed by atoms with Gasteiger partial charge in [-0.2, -0.15) is 0 Å². The van der Waals surface area contributed by atoms with Crippen molar-refractivity contribution in [3.8, 4) is 5.82 Å². The summed E-state index contributed by atoms with van der Waals surface area (Å²) >= 11 is 0.